The summed E-state index contributed by atoms with van der Waals surface area (Å²) >= 11 is 0. The number of aromatic nitrogens is 2. The van der Waals surface area contributed by atoms with E-state index in [9.17, 15) is 4.79 Å². The van der Waals surface area contributed by atoms with Crippen molar-refractivity contribution in [2.45, 2.75) is 65.2 Å². The van der Waals surface area contributed by atoms with Crippen molar-refractivity contribution in [3.63, 3.8) is 0 Å². The van der Waals surface area contributed by atoms with Crippen molar-refractivity contribution in [1.29, 1.82) is 0 Å². The third-order valence-corrected chi connectivity index (χ3v) is 4.98. The SMILES string of the molecule is CCCCCCC(=O)Oc1ccc(-c2ncc3c(n2)CCC(C)C3)cc1. The third kappa shape index (κ3) is 4.90. The molecule has 2 aromatic rings. The maximum absolute atomic E-state index is 11.9. The molecule has 1 unspecified atom stereocenters. The summed E-state index contributed by atoms with van der Waals surface area (Å²) in [4.78, 5) is 21.1. The summed E-state index contributed by atoms with van der Waals surface area (Å²) in [5.41, 5.74) is 3.41. The number of fused-ring (bicyclic) bond motifs is 1. The van der Waals surface area contributed by atoms with E-state index >= 15 is 0 Å². The Hall–Kier alpha value is -2.23. The van der Waals surface area contributed by atoms with Gasteiger partial charge in [-0.15, -0.1) is 0 Å². The minimum Gasteiger partial charge on any atom is -0.427 e. The fraction of sp³-hybridized carbons (Fsp3) is 0.500. The molecule has 26 heavy (non-hydrogen) atoms. The summed E-state index contributed by atoms with van der Waals surface area (Å²) in [7, 11) is 0. The Morgan fingerprint density at radius 1 is 1.19 bits per heavy atom. The Kier molecular flexibility index (Phi) is 6.37. The lowest BCUT2D eigenvalue weighted by Crippen LogP contribution is -2.14. The largest absolute Gasteiger partial charge is 0.427 e. The van der Waals surface area contributed by atoms with Gasteiger partial charge >= 0.3 is 5.97 Å². The van der Waals surface area contributed by atoms with E-state index in [1.165, 1.54) is 30.5 Å². The number of ether oxygens (including phenoxy) is 1. The van der Waals surface area contributed by atoms with Crippen LogP contribution in [0.2, 0.25) is 0 Å². The number of benzene rings is 1. The number of rotatable bonds is 7. The van der Waals surface area contributed by atoms with E-state index in [0.29, 0.717) is 18.1 Å². The van der Waals surface area contributed by atoms with E-state index in [2.05, 4.69) is 18.8 Å². The van der Waals surface area contributed by atoms with E-state index in [-0.39, 0.29) is 5.97 Å². The van der Waals surface area contributed by atoms with Crippen LogP contribution in [-0.2, 0) is 17.6 Å². The molecule has 4 heteroatoms. The second-order valence-electron chi connectivity index (χ2n) is 7.32. The van der Waals surface area contributed by atoms with Crippen molar-refractivity contribution in [3.8, 4) is 17.1 Å². The van der Waals surface area contributed by atoms with Gasteiger partial charge in [-0.3, -0.25) is 4.79 Å². The number of aryl methyl sites for hydroxylation is 1. The van der Waals surface area contributed by atoms with Crippen molar-refractivity contribution in [1.82, 2.24) is 9.97 Å². The van der Waals surface area contributed by atoms with Gasteiger partial charge in [-0.25, -0.2) is 9.97 Å². The first-order valence-corrected chi connectivity index (χ1v) is 9.81. The molecule has 0 saturated heterocycles. The average molecular weight is 352 g/mol. The van der Waals surface area contributed by atoms with E-state index in [0.717, 1.165) is 37.1 Å². The Balaban J connectivity index is 1.60. The minimum absolute atomic E-state index is 0.159. The molecule has 0 N–H and O–H groups in total. The first-order valence-electron chi connectivity index (χ1n) is 9.81. The van der Waals surface area contributed by atoms with E-state index < -0.39 is 0 Å². The zero-order chi connectivity index (χ0) is 18.4. The van der Waals surface area contributed by atoms with Crippen LogP contribution < -0.4 is 4.74 Å². The molecule has 0 aliphatic heterocycles. The lowest BCUT2D eigenvalue weighted by atomic mass is 9.89. The molecule has 1 heterocycles. The van der Waals surface area contributed by atoms with Crippen LogP contribution in [0.5, 0.6) is 5.75 Å². The van der Waals surface area contributed by atoms with Crippen LogP contribution in [0.4, 0.5) is 0 Å². The van der Waals surface area contributed by atoms with Crippen LogP contribution in [-0.4, -0.2) is 15.9 Å². The molecule has 0 fully saturated rings. The van der Waals surface area contributed by atoms with Crippen LogP contribution in [0.15, 0.2) is 30.5 Å². The van der Waals surface area contributed by atoms with Crippen LogP contribution in [0.25, 0.3) is 11.4 Å². The van der Waals surface area contributed by atoms with Crippen LogP contribution in [0.3, 0.4) is 0 Å². The Morgan fingerprint density at radius 2 is 2.00 bits per heavy atom. The number of hydrogen-bond donors (Lipinski definition) is 0. The van der Waals surface area contributed by atoms with E-state index in [1.807, 2.05) is 30.5 Å². The zero-order valence-electron chi connectivity index (χ0n) is 15.8. The van der Waals surface area contributed by atoms with Gasteiger partial charge in [0.15, 0.2) is 5.82 Å². The van der Waals surface area contributed by atoms with Gasteiger partial charge in [-0.2, -0.15) is 0 Å². The molecule has 1 aliphatic rings. The molecule has 1 aromatic carbocycles. The van der Waals surface area contributed by atoms with Gasteiger partial charge in [0, 0.05) is 23.9 Å². The molecule has 1 atom stereocenters. The van der Waals surface area contributed by atoms with Gasteiger partial charge in [0.05, 0.1) is 0 Å². The van der Waals surface area contributed by atoms with Crippen LogP contribution in [0, 0.1) is 5.92 Å². The quantitative estimate of drug-likeness (QED) is 0.393. The lowest BCUT2D eigenvalue weighted by Gasteiger charge is -2.20. The van der Waals surface area contributed by atoms with Gasteiger partial charge < -0.3 is 4.74 Å². The van der Waals surface area contributed by atoms with Crippen LogP contribution in [0.1, 0.15) is 63.6 Å². The number of unbranched alkanes of at least 4 members (excludes halogenated alkanes) is 3. The summed E-state index contributed by atoms with van der Waals surface area (Å²) in [5, 5.41) is 0. The molecule has 138 valence electrons. The second kappa shape index (κ2) is 8.93. The molecule has 0 bridgehead atoms. The highest BCUT2D eigenvalue weighted by Gasteiger charge is 2.17. The number of carbonyl (C=O) groups excluding carboxylic acids is 1. The Bertz CT molecular complexity index is 740. The molecular weight excluding hydrogens is 324 g/mol. The lowest BCUT2D eigenvalue weighted by molar-refractivity contribution is -0.134. The topological polar surface area (TPSA) is 52.1 Å². The Morgan fingerprint density at radius 3 is 2.77 bits per heavy atom. The summed E-state index contributed by atoms with van der Waals surface area (Å²) in [6, 6.07) is 7.49. The molecule has 3 rings (SSSR count). The van der Waals surface area contributed by atoms with E-state index in [4.69, 9.17) is 9.72 Å². The smallest absolute Gasteiger partial charge is 0.311 e. The summed E-state index contributed by atoms with van der Waals surface area (Å²) in [5.74, 6) is 1.89. The van der Waals surface area contributed by atoms with Crippen molar-refractivity contribution in [2.75, 3.05) is 0 Å². The highest BCUT2D eigenvalue weighted by atomic mass is 16.5. The summed E-state index contributed by atoms with van der Waals surface area (Å²) in [6.45, 7) is 4.44. The third-order valence-electron chi connectivity index (χ3n) is 4.98. The van der Waals surface area contributed by atoms with Crippen molar-refractivity contribution < 1.29 is 9.53 Å². The molecule has 0 spiro atoms. The fourth-order valence-electron chi connectivity index (χ4n) is 3.38. The van der Waals surface area contributed by atoms with Gasteiger partial charge in [-0.05, 0) is 61.4 Å². The maximum atomic E-state index is 11.9. The Labute approximate surface area is 156 Å². The number of hydrogen-bond acceptors (Lipinski definition) is 4. The molecular formula is C22H28N2O2. The normalized spacial score (nSPS) is 16.2. The number of carbonyl (C=O) groups is 1. The maximum Gasteiger partial charge on any atom is 0.311 e. The highest BCUT2D eigenvalue weighted by molar-refractivity contribution is 5.72. The predicted molar refractivity (Wildman–Crippen MR) is 103 cm³/mol. The monoisotopic (exact) mass is 352 g/mol. The fourth-order valence-corrected chi connectivity index (χ4v) is 3.38. The molecule has 4 nitrogen and oxygen atoms in total. The summed E-state index contributed by atoms with van der Waals surface area (Å²) in [6.07, 6.45) is 10.1. The summed E-state index contributed by atoms with van der Waals surface area (Å²) < 4.78 is 5.41. The number of nitrogens with zero attached hydrogens (tertiary/aromatic N) is 2. The van der Waals surface area contributed by atoms with Crippen LogP contribution >= 0.6 is 0 Å². The standard InChI is InChI=1S/C22H28N2O2/c1-3-4-5-6-7-21(25)26-19-11-9-17(10-12-19)22-23-15-18-14-16(2)8-13-20(18)24-22/h9-12,15-16H,3-8,13-14H2,1-2H3. The first kappa shape index (κ1) is 18.6. The van der Waals surface area contributed by atoms with Gasteiger partial charge in [0.1, 0.15) is 5.75 Å². The van der Waals surface area contributed by atoms with E-state index in [1.54, 1.807) is 0 Å². The first-order chi connectivity index (χ1) is 12.7. The van der Waals surface area contributed by atoms with Gasteiger partial charge in [0.25, 0.3) is 0 Å². The van der Waals surface area contributed by atoms with Crippen molar-refractivity contribution in [3.05, 3.63) is 41.7 Å². The predicted octanol–water partition coefficient (Wildman–Crippen LogP) is 5.14. The molecule has 0 amide bonds. The molecule has 1 aromatic heterocycles. The van der Waals surface area contributed by atoms with Gasteiger partial charge in [0.2, 0.25) is 0 Å². The zero-order valence-corrected chi connectivity index (χ0v) is 15.8. The molecule has 1 aliphatic carbocycles. The van der Waals surface area contributed by atoms with Gasteiger partial charge in [-0.1, -0.05) is 33.1 Å². The number of esters is 1. The minimum atomic E-state index is -0.159. The second-order valence-corrected chi connectivity index (χ2v) is 7.32. The highest BCUT2D eigenvalue weighted by Crippen LogP contribution is 2.26. The molecule has 0 saturated carbocycles. The average Bonchev–Trinajstić information content (AvgIpc) is 2.65. The van der Waals surface area contributed by atoms with Crippen molar-refractivity contribution >= 4 is 5.97 Å². The molecule has 0 radical (unpaired) electrons. The van der Waals surface area contributed by atoms with Crippen molar-refractivity contribution in [2.24, 2.45) is 5.92 Å².